The molecule has 1 aromatic carbocycles. The lowest BCUT2D eigenvalue weighted by molar-refractivity contribution is -0.527. The molecule has 96 valence electrons. The normalized spacial score (nSPS) is 25.6. The van der Waals surface area contributed by atoms with E-state index in [4.69, 9.17) is 4.74 Å². The fraction of sp³-hybridized carbons (Fsp3) is 0.462. The van der Waals surface area contributed by atoms with Gasteiger partial charge in [0.05, 0.1) is 12.5 Å². The van der Waals surface area contributed by atoms with Crippen LogP contribution in [-0.4, -0.2) is 23.0 Å². The number of nitrogens with zero attached hydrogens (tertiary/aromatic N) is 1. The molecule has 1 fully saturated rings. The predicted octanol–water partition coefficient (Wildman–Crippen LogP) is 2.06. The second-order valence-electron chi connectivity index (χ2n) is 4.57. The number of ether oxygens (including phenoxy) is 1. The van der Waals surface area contributed by atoms with Gasteiger partial charge in [0.15, 0.2) is 0 Å². The SMILES string of the molecule is CCOC(=O)[C@@]1([N+](=O)[O-])C[C@H]1c1cccc(C)c1. The Kier molecular flexibility index (Phi) is 3.07. The molecule has 0 spiro atoms. The van der Waals surface area contributed by atoms with Crippen molar-refractivity contribution in [1.82, 2.24) is 0 Å². The van der Waals surface area contributed by atoms with Gasteiger partial charge in [-0.05, 0) is 19.4 Å². The summed E-state index contributed by atoms with van der Waals surface area (Å²) >= 11 is 0. The van der Waals surface area contributed by atoms with Gasteiger partial charge in [-0.2, -0.15) is 0 Å². The quantitative estimate of drug-likeness (QED) is 0.465. The lowest BCUT2D eigenvalue weighted by atomic mass is 10.0. The van der Waals surface area contributed by atoms with Crippen molar-refractivity contribution in [3.63, 3.8) is 0 Å². The number of esters is 1. The average Bonchev–Trinajstić information content (AvgIpc) is 3.06. The molecule has 1 saturated carbocycles. The molecule has 0 saturated heterocycles. The third-order valence-electron chi connectivity index (χ3n) is 3.33. The standard InChI is InChI=1S/C13H15NO4/c1-3-18-12(15)13(14(16)17)8-11(13)10-6-4-5-9(2)7-10/h4-7,11H,3,8H2,1-2H3/t11-,13+/m0/s1. The smallest absolute Gasteiger partial charge is 0.385 e. The number of rotatable bonds is 4. The van der Waals surface area contributed by atoms with Crippen molar-refractivity contribution in [1.29, 1.82) is 0 Å². The van der Waals surface area contributed by atoms with Crippen molar-refractivity contribution >= 4 is 5.97 Å². The average molecular weight is 249 g/mol. The highest BCUT2D eigenvalue weighted by molar-refractivity contribution is 5.85. The molecule has 0 unspecified atom stereocenters. The summed E-state index contributed by atoms with van der Waals surface area (Å²) in [5, 5.41) is 11.2. The van der Waals surface area contributed by atoms with Gasteiger partial charge in [0.25, 0.3) is 0 Å². The minimum atomic E-state index is -1.57. The van der Waals surface area contributed by atoms with Crippen LogP contribution in [0.1, 0.15) is 30.4 Å². The van der Waals surface area contributed by atoms with E-state index in [-0.39, 0.29) is 18.9 Å². The Hall–Kier alpha value is -1.91. The van der Waals surface area contributed by atoms with Crippen LogP contribution in [0, 0.1) is 17.0 Å². The van der Waals surface area contributed by atoms with Gasteiger partial charge in [0, 0.05) is 11.3 Å². The minimum absolute atomic E-state index is 0.162. The molecule has 0 bridgehead atoms. The molecule has 0 N–H and O–H groups in total. The van der Waals surface area contributed by atoms with E-state index in [1.807, 2.05) is 31.2 Å². The lowest BCUT2D eigenvalue weighted by Gasteiger charge is -2.08. The van der Waals surface area contributed by atoms with E-state index < -0.39 is 16.4 Å². The molecule has 2 atom stereocenters. The monoisotopic (exact) mass is 249 g/mol. The first-order valence-electron chi connectivity index (χ1n) is 5.90. The summed E-state index contributed by atoms with van der Waals surface area (Å²) in [7, 11) is 0. The van der Waals surface area contributed by atoms with Gasteiger partial charge >= 0.3 is 11.5 Å². The van der Waals surface area contributed by atoms with Crippen molar-refractivity contribution in [2.45, 2.75) is 31.7 Å². The summed E-state index contributed by atoms with van der Waals surface area (Å²) in [6.45, 7) is 3.73. The van der Waals surface area contributed by atoms with Crippen LogP contribution < -0.4 is 0 Å². The Labute approximate surface area is 105 Å². The van der Waals surface area contributed by atoms with Crippen molar-refractivity contribution in [2.75, 3.05) is 6.61 Å². The van der Waals surface area contributed by atoms with E-state index in [0.717, 1.165) is 11.1 Å². The molecule has 0 radical (unpaired) electrons. The molecule has 0 aliphatic heterocycles. The van der Waals surface area contributed by atoms with Gasteiger partial charge < -0.3 is 4.74 Å². The Bertz CT molecular complexity index is 500. The summed E-state index contributed by atoms with van der Waals surface area (Å²) in [5.74, 6) is -1.09. The molecule has 2 rings (SSSR count). The Balaban J connectivity index is 2.28. The highest BCUT2D eigenvalue weighted by Gasteiger charge is 2.74. The largest absolute Gasteiger partial charge is 0.461 e. The molecule has 5 nitrogen and oxygen atoms in total. The van der Waals surface area contributed by atoms with E-state index >= 15 is 0 Å². The van der Waals surface area contributed by atoms with Gasteiger partial charge in [-0.3, -0.25) is 10.1 Å². The van der Waals surface area contributed by atoms with Crippen LogP contribution in [0.25, 0.3) is 0 Å². The summed E-state index contributed by atoms with van der Waals surface area (Å²) < 4.78 is 4.83. The van der Waals surface area contributed by atoms with E-state index in [1.54, 1.807) is 6.92 Å². The number of hydrogen-bond donors (Lipinski definition) is 0. The number of carbonyl (C=O) groups excluding carboxylic acids is 1. The zero-order chi connectivity index (χ0) is 13.3. The summed E-state index contributed by atoms with van der Waals surface area (Å²) in [4.78, 5) is 22.4. The molecule has 1 aromatic rings. The Morgan fingerprint density at radius 1 is 1.61 bits per heavy atom. The Morgan fingerprint density at radius 3 is 2.89 bits per heavy atom. The predicted molar refractivity (Wildman–Crippen MR) is 64.9 cm³/mol. The highest BCUT2D eigenvalue weighted by Crippen LogP contribution is 2.54. The van der Waals surface area contributed by atoms with Crippen LogP contribution >= 0.6 is 0 Å². The summed E-state index contributed by atoms with van der Waals surface area (Å²) in [5.41, 5.74) is 0.296. The first kappa shape index (κ1) is 12.5. The molecular formula is C13H15NO4. The fourth-order valence-electron chi connectivity index (χ4n) is 2.29. The van der Waals surface area contributed by atoms with Crippen LogP contribution in [-0.2, 0) is 9.53 Å². The van der Waals surface area contributed by atoms with Gasteiger partial charge in [-0.1, -0.05) is 29.8 Å². The van der Waals surface area contributed by atoms with Crippen molar-refractivity contribution in [3.05, 3.63) is 45.5 Å². The summed E-state index contributed by atoms with van der Waals surface area (Å²) in [6, 6.07) is 7.47. The summed E-state index contributed by atoms with van der Waals surface area (Å²) in [6.07, 6.45) is 0.224. The zero-order valence-corrected chi connectivity index (χ0v) is 10.4. The molecule has 0 heterocycles. The molecule has 0 amide bonds. The first-order chi connectivity index (χ1) is 8.52. The number of hydrogen-bond acceptors (Lipinski definition) is 4. The highest BCUT2D eigenvalue weighted by atomic mass is 16.6. The second-order valence-corrected chi connectivity index (χ2v) is 4.57. The number of aryl methyl sites for hydroxylation is 1. The lowest BCUT2D eigenvalue weighted by Crippen LogP contribution is -2.35. The zero-order valence-electron chi connectivity index (χ0n) is 10.4. The number of benzene rings is 1. The van der Waals surface area contributed by atoms with E-state index in [9.17, 15) is 14.9 Å². The van der Waals surface area contributed by atoms with Crippen LogP contribution in [0.5, 0.6) is 0 Å². The van der Waals surface area contributed by atoms with E-state index in [2.05, 4.69) is 0 Å². The van der Waals surface area contributed by atoms with E-state index in [0.29, 0.717) is 0 Å². The topological polar surface area (TPSA) is 69.4 Å². The maximum absolute atomic E-state index is 11.8. The molecule has 1 aliphatic carbocycles. The van der Waals surface area contributed by atoms with Crippen LogP contribution in [0.3, 0.4) is 0 Å². The molecule has 0 aromatic heterocycles. The molecule has 1 aliphatic rings. The molecule has 5 heteroatoms. The number of nitro groups is 1. The second kappa shape index (κ2) is 4.40. The number of carbonyl (C=O) groups is 1. The Morgan fingerprint density at radius 2 is 2.33 bits per heavy atom. The molecule has 18 heavy (non-hydrogen) atoms. The maximum Gasteiger partial charge on any atom is 0.385 e. The van der Waals surface area contributed by atoms with Gasteiger partial charge in [-0.15, -0.1) is 0 Å². The van der Waals surface area contributed by atoms with E-state index in [1.165, 1.54) is 0 Å². The van der Waals surface area contributed by atoms with Gasteiger partial charge in [0.2, 0.25) is 0 Å². The third kappa shape index (κ3) is 1.85. The van der Waals surface area contributed by atoms with Gasteiger partial charge in [-0.25, -0.2) is 4.79 Å². The van der Waals surface area contributed by atoms with Crippen molar-refractivity contribution in [2.24, 2.45) is 0 Å². The van der Waals surface area contributed by atoms with Crippen molar-refractivity contribution in [3.8, 4) is 0 Å². The van der Waals surface area contributed by atoms with Crippen LogP contribution in [0.4, 0.5) is 0 Å². The molecular weight excluding hydrogens is 234 g/mol. The third-order valence-corrected chi connectivity index (χ3v) is 3.33. The minimum Gasteiger partial charge on any atom is -0.461 e. The maximum atomic E-state index is 11.8. The van der Waals surface area contributed by atoms with Gasteiger partial charge in [0.1, 0.15) is 0 Å². The first-order valence-corrected chi connectivity index (χ1v) is 5.90. The van der Waals surface area contributed by atoms with Crippen molar-refractivity contribution < 1.29 is 14.5 Å². The van der Waals surface area contributed by atoms with Crippen LogP contribution in [0.2, 0.25) is 0 Å². The van der Waals surface area contributed by atoms with Crippen LogP contribution in [0.15, 0.2) is 24.3 Å². The fourth-order valence-corrected chi connectivity index (χ4v) is 2.29.